The molecule has 3 N–H and O–H groups in total. The molecule has 27 heavy (non-hydrogen) atoms. The van der Waals surface area contributed by atoms with E-state index in [1.807, 2.05) is 13.8 Å². The van der Waals surface area contributed by atoms with Gasteiger partial charge in [-0.25, -0.2) is 18.1 Å². The Bertz CT molecular complexity index is 957. The first kappa shape index (κ1) is 19.6. The Morgan fingerprint density at radius 1 is 1.41 bits per heavy atom. The van der Waals surface area contributed by atoms with Gasteiger partial charge in [0.2, 0.25) is 10.0 Å². The van der Waals surface area contributed by atoms with Crippen molar-refractivity contribution in [1.82, 2.24) is 9.71 Å². The third-order valence-corrected chi connectivity index (χ3v) is 7.41. The maximum Gasteiger partial charge on any atom is 0.242 e. The van der Waals surface area contributed by atoms with E-state index in [9.17, 15) is 13.7 Å². The lowest BCUT2D eigenvalue weighted by molar-refractivity contribution is 0.530. The second-order valence-corrected chi connectivity index (χ2v) is 9.36. The molecular formula is C18H23N5O2S2. The molecule has 7 nitrogen and oxygen atoms in total. The highest BCUT2D eigenvalue weighted by Gasteiger charge is 2.25. The lowest BCUT2D eigenvalue weighted by atomic mass is 10.0. The molecule has 0 fully saturated rings. The first-order chi connectivity index (χ1) is 12.9. The van der Waals surface area contributed by atoms with Crippen LogP contribution in [0.3, 0.4) is 0 Å². The number of nitriles is 1. The van der Waals surface area contributed by atoms with Crippen LogP contribution in [0.2, 0.25) is 0 Å². The summed E-state index contributed by atoms with van der Waals surface area (Å²) in [7, 11) is -3.57. The molecule has 0 atom stereocenters. The van der Waals surface area contributed by atoms with Crippen molar-refractivity contribution in [2.75, 3.05) is 17.2 Å². The van der Waals surface area contributed by atoms with E-state index in [1.54, 1.807) is 12.1 Å². The van der Waals surface area contributed by atoms with Gasteiger partial charge in [0.15, 0.2) is 0 Å². The Kier molecular flexibility index (Phi) is 5.69. The molecular weight excluding hydrogens is 382 g/mol. The van der Waals surface area contributed by atoms with Crippen LogP contribution in [-0.2, 0) is 23.0 Å². The molecule has 3 rings (SSSR count). The van der Waals surface area contributed by atoms with Gasteiger partial charge in [0.25, 0.3) is 0 Å². The molecule has 0 saturated carbocycles. The average molecular weight is 406 g/mol. The van der Waals surface area contributed by atoms with Gasteiger partial charge in [-0.1, -0.05) is 13.8 Å². The molecule has 0 unspecified atom stereocenters. The molecule has 0 radical (unpaired) electrons. The van der Waals surface area contributed by atoms with Crippen LogP contribution in [0.1, 0.15) is 42.7 Å². The second kappa shape index (κ2) is 7.84. The number of nitrogens with one attached hydrogen (secondary N) is 1. The molecule has 0 amide bonds. The molecule has 144 valence electrons. The minimum Gasteiger partial charge on any atom is -0.389 e. The summed E-state index contributed by atoms with van der Waals surface area (Å²) in [6.45, 7) is 5.25. The normalized spacial score (nSPS) is 14.2. The maximum atomic E-state index is 12.5. The van der Waals surface area contributed by atoms with Crippen LogP contribution in [0.25, 0.3) is 0 Å². The van der Waals surface area contributed by atoms with E-state index < -0.39 is 10.0 Å². The molecule has 2 aromatic rings. The molecule has 0 aliphatic carbocycles. The standard InChI is InChI=1S/C18H23N5O2S2/c1-3-12(4-2)22-27(24,25)13-5-6-17(21-10-13)23-8-7-14-15(9-19)18(20)26-16(14)11-23/h5-6,10,12,22H,3-4,7-8,11,20H2,1-2H3. The number of sulfonamides is 1. The van der Waals surface area contributed by atoms with Gasteiger partial charge in [-0.05, 0) is 37.0 Å². The summed E-state index contributed by atoms with van der Waals surface area (Å²) in [6, 6.07) is 5.43. The van der Waals surface area contributed by atoms with E-state index in [1.165, 1.54) is 17.5 Å². The summed E-state index contributed by atoms with van der Waals surface area (Å²) < 4.78 is 27.7. The fourth-order valence-electron chi connectivity index (χ4n) is 3.20. The van der Waals surface area contributed by atoms with Crippen LogP contribution in [0.5, 0.6) is 0 Å². The fourth-order valence-corrected chi connectivity index (χ4v) is 5.64. The lowest BCUT2D eigenvalue weighted by Gasteiger charge is -2.28. The van der Waals surface area contributed by atoms with Gasteiger partial charge in [0, 0.05) is 23.7 Å². The summed E-state index contributed by atoms with van der Waals surface area (Å²) in [4.78, 5) is 7.68. The Hall–Kier alpha value is -2.15. The van der Waals surface area contributed by atoms with Gasteiger partial charge in [-0.2, -0.15) is 5.26 Å². The molecule has 1 aliphatic rings. The first-order valence-corrected chi connectivity index (χ1v) is 11.2. The molecule has 3 heterocycles. The molecule has 0 saturated heterocycles. The highest BCUT2D eigenvalue weighted by atomic mass is 32.2. The number of nitrogens with zero attached hydrogens (tertiary/aromatic N) is 3. The molecule has 1 aliphatic heterocycles. The number of nitrogen functional groups attached to an aromatic ring is 1. The third kappa shape index (κ3) is 3.93. The van der Waals surface area contributed by atoms with Gasteiger partial charge in [0.05, 0.1) is 12.1 Å². The fraction of sp³-hybridized carbons (Fsp3) is 0.444. The van der Waals surface area contributed by atoms with Crippen LogP contribution in [0.4, 0.5) is 10.8 Å². The largest absolute Gasteiger partial charge is 0.389 e. The second-order valence-electron chi connectivity index (χ2n) is 6.51. The topological polar surface area (TPSA) is 112 Å². The number of rotatable bonds is 6. The number of thiophene rings is 1. The number of pyridine rings is 1. The summed E-state index contributed by atoms with van der Waals surface area (Å²) in [5.74, 6) is 0.715. The quantitative estimate of drug-likeness (QED) is 0.764. The molecule has 0 spiro atoms. The summed E-state index contributed by atoms with van der Waals surface area (Å²) in [6.07, 6.45) is 3.61. The van der Waals surface area contributed by atoms with Crippen molar-refractivity contribution in [3.8, 4) is 6.07 Å². The van der Waals surface area contributed by atoms with Crippen LogP contribution >= 0.6 is 11.3 Å². The predicted molar refractivity (Wildman–Crippen MR) is 107 cm³/mol. The van der Waals surface area contributed by atoms with Crippen LogP contribution in [0, 0.1) is 11.3 Å². The van der Waals surface area contributed by atoms with Crippen molar-refractivity contribution < 1.29 is 8.42 Å². The predicted octanol–water partition coefficient (Wildman–Crippen LogP) is 2.63. The zero-order valence-electron chi connectivity index (χ0n) is 15.4. The van der Waals surface area contributed by atoms with Crippen molar-refractivity contribution in [3.63, 3.8) is 0 Å². The zero-order valence-corrected chi connectivity index (χ0v) is 17.0. The van der Waals surface area contributed by atoms with E-state index in [2.05, 4.69) is 20.7 Å². The minimum absolute atomic E-state index is 0.0752. The van der Waals surface area contributed by atoms with E-state index in [0.717, 1.165) is 29.7 Å². The van der Waals surface area contributed by atoms with Crippen molar-refractivity contribution >= 4 is 32.2 Å². The van der Waals surface area contributed by atoms with Crippen molar-refractivity contribution in [3.05, 3.63) is 34.3 Å². The maximum absolute atomic E-state index is 12.5. The number of hydrogen-bond acceptors (Lipinski definition) is 7. The molecule has 0 bridgehead atoms. The van der Waals surface area contributed by atoms with Crippen LogP contribution < -0.4 is 15.4 Å². The smallest absolute Gasteiger partial charge is 0.242 e. The monoisotopic (exact) mass is 405 g/mol. The van der Waals surface area contributed by atoms with Gasteiger partial charge in [-0.15, -0.1) is 11.3 Å². The Morgan fingerprint density at radius 3 is 2.74 bits per heavy atom. The summed E-state index contributed by atoms with van der Waals surface area (Å²) in [5, 5.41) is 9.80. The highest BCUT2D eigenvalue weighted by Crippen LogP contribution is 2.35. The van der Waals surface area contributed by atoms with Gasteiger partial charge >= 0.3 is 0 Å². The SMILES string of the molecule is CCC(CC)NS(=O)(=O)c1ccc(N2CCc3c(sc(N)c3C#N)C2)nc1. The number of anilines is 2. The zero-order chi connectivity index (χ0) is 19.6. The van der Waals surface area contributed by atoms with Crippen molar-refractivity contribution in [2.45, 2.75) is 50.6 Å². The first-order valence-electron chi connectivity index (χ1n) is 8.93. The minimum atomic E-state index is -3.57. The Morgan fingerprint density at radius 2 is 2.15 bits per heavy atom. The van der Waals surface area contributed by atoms with Crippen molar-refractivity contribution in [1.29, 1.82) is 5.26 Å². The van der Waals surface area contributed by atoms with Gasteiger partial charge in [0.1, 0.15) is 21.8 Å². The highest BCUT2D eigenvalue weighted by molar-refractivity contribution is 7.89. The van der Waals surface area contributed by atoms with Crippen molar-refractivity contribution in [2.24, 2.45) is 0 Å². The van der Waals surface area contributed by atoms with Crippen LogP contribution in [0.15, 0.2) is 23.2 Å². The van der Waals surface area contributed by atoms with Gasteiger partial charge < -0.3 is 10.6 Å². The molecule has 0 aromatic carbocycles. The molecule has 2 aromatic heterocycles. The Labute approximate surface area is 163 Å². The van der Waals surface area contributed by atoms with E-state index >= 15 is 0 Å². The average Bonchev–Trinajstić information content (AvgIpc) is 3.00. The number of fused-ring (bicyclic) bond motifs is 1. The van der Waals surface area contributed by atoms with Crippen LogP contribution in [-0.4, -0.2) is 26.0 Å². The number of hydrogen-bond donors (Lipinski definition) is 2. The van der Waals surface area contributed by atoms with E-state index in [4.69, 9.17) is 5.73 Å². The van der Waals surface area contributed by atoms with Gasteiger partial charge in [-0.3, -0.25) is 0 Å². The lowest BCUT2D eigenvalue weighted by Crippen LogP contribution is -2.34. The van der Waals surface area contributed by atoms with E-state index in [-0.39, 0.29) is 10.9 Å². The Balaban J connectivity index is 1.77. The molecule has 9 heteroatoms. The van der Waals surface area contributed by atoms with E-state index in [0.29, 0.717) is 29.5 Å². The summed E-state index contributed by atoms with van der Waals surface area (Å²) >= 11 is 1.44. The summed E-state index contributed by atoms with van der Waals surface area (Å²) in [5.41, 5.74) is 7.56. The third-order valence-electron chi connectivity index (χ3n) is 4.86. The number of aromatic nitrogens is 1. The number of nitrogens with two attached hydrogens (primary N) is 1.